The van der Waals surface area contributed by atoms with E-state index in [0.29, 0.717) is 0 Å². The van der Waals surface area contributed by atoms with Crippen LogP contribution in [0, 0.1) is 6.92 Å². The summed E-state index contributed by atoms with van der Waals surface area (Å²) in [6.45, 7) is 1.95. The summed E-state index contributed by atoms with van der Waals surface area (Å²) >= 11 is 3.39. The smallest absolute Gasteiger partial charge is 0.0746 e. The number of nitrogen functional groups attached to an aromatic ring is 1. The van der Waals surface area contributed by atoms with Gasteiger partial charge in [0, 0.05) is 11.5 Å². The van der Waals surface area contributed by atoms with Crippen LogP contribution >= 0.6 is 15.9 Å². The summed E-state index contributed by atoms with van der Waals surface area (Å²) in [5.41, 5.74) is 8.41. The lowest BCUT2D eigenvalue weighted by atomic mass is 10.2. The highest BCUT2D eigenvalue weighted by molar-refractivity contribution is 9.10. The second-order valence-electron chi connectivity index (χ2n) is 2.72. The van der Waals surface area contributed by atoms with Gasteiger partial charge in [-0.15, -0.1) is 0 Å². The molecule has 4 heteroatoms. The molecule has 0 heterocycles. The van der Waals surface area contributed by atoms with Crippen molar-refractivity contribution in [3.05, 3.63) is 22.2 Å². The zero-order valence-electron chi connectivity index (χ0n) is 7.13. The van der Waals surface area contributed by atoms with Crippen LogP contribution in [0.4, 0.5) is 11.4 Å². The minimum absolute atomic E-state index is 0.717. The van der Waals surface area contributed by atoms with Crippen molar-refractivity contribution in [2.24, 2.45) is 5.84 Å². The van der Waals surface area contributed by atoms with Gasteiger partial charge in [0.25, 0.3) is 0 Å². The molecular weight excluding hydrogens is 218 g/mol. The summed E-state index contributed by atoms with van der Waals surface area (Å²) in [5.74, 6) is 5.57. The van der Waals surface area contributed by atoms with Crippen LogP contribution in [-0.4, -0.2) is 7.05 Å². The van der Waals surface area contributed by atoms with Gasteiger partial charge in [-0.3, -0.25) is 0 Å². The summed E-state index contributed by atoms with van der Waals surface area (Å²) in [4.78, 5) is 0. The summed E-state index contributed by atoms with van der Waals surface area (Å²) < 4.78 is 1.01. The Morgan fingerprint density at radius 2 is 2.00 bits per heavy atom. The van der Waals surface area contributed by atoms with Crippen LogP contribution in [0.2, 0.25) is 0 Å². The Kier molecular flexibility index (Phi) is 2.59. The lowest BCUT2D eigenvalue weighted by Crippen LogP contribution is -2.26. The van der Waals surface area contributed by atoms with Gasteiger partial charge >= 0.3 is 0 Å². The van der Waals surface area contributed by atoms with Gasteiger partial charge in [-0.1, -0.05) is 15.9 Å². The first-order valence-electron chi connectivity index (χ1n) is 3.57. The molecule has 0 aliphatic carbocycles. The van der Waals surface area contributed by atoms with Crippen molar-refractivity contribution in [2.75, 3.05) is 17.8 Å². The molecule has 0 aromatic heterocycles. The first-order chi connectivity index (χ1) is 5.54. The summed E-state index contributed by atoms with van der Waals surface area (Å²) in [5, 5.41) is 1.51. The monoisotopic (exact) mass is 229 g/mol. The fraction of sp³-hybridized carbons (Fsp3) is 0.250. The minimum atomic E-state index is 0.717. The molecule has 0 aliphatic heterocycles. The molecule has 0 unspecified atom stereocenters. The van der Waals surface area contributed by atoms with Crippen LogP contribution in [0.3, 0.4) is 0 Å². The topological polar surface area (TPSA) is 55.3 Å². The third kappa shape index (κ3) is 1.54. The zero-order valence-corrected chi connectivity index (χ0v) is 8.72. The lowest BCUT2D eigenvalue weighted by Gasteiger charge is -2.16. The van der Waals surface area contributed by atoms with E-state index in [-0.39, 0.29) is 0 Å². The molecule has 0 fully saturated rings. The van der Waals surface area contributed by atoms with Gasteiger partial charge in [-0.25, -0.2) is 5.84 Å². The Morgan fingerprint density at radius 3 is 2.50 bits per heavy atom. The van der Waals surface area contributed by atoms with Crippen molar-refractivity contribution in [2.45, 2.75) is 6.92 Å². The predicted molar refractivity (Wildman–Crippen MR) is 55.9 cm³/mol. The van der Waals surface area contributed by atoms with Crippen molar-refractivity contribution in [3.63, 3.8) is 0 Å². The van der Waals surface area contributed by atoms with Crippen molar-refractivity contribution >= 4 is 27.3 Å². The molecule has 0 radical (unpaired) electrons. The second kappa shape index (κ2) is 3.33. The average Bonchev–Trinajstić information content (AvgIpc) is 2.00. The Morgan fingerprint density at radius 1 is 1.42 bits per heavy atom. The number of anilines is 2. The average molecular weight is 230 g/mol. The molecule has 66 valence electrons. The van der Waals surface area contributed by atoms with E-state index in [0.717, 1.165) is 21.4 Å². The number of nitrogens with zero attached hydrogens (tertiary/aromatic N) is 1. The molecule has 1 aromatic carbocycles. The third-order valence-corrected chi connectivity index (χ3v) is 2.66. The number of hydrogen-bond donors (Lipinski definition) is 2. The molecule has 0 atom stereocenters. The molecule has 4 N–H and O–H groups in total. The fourth-order valence-electron chi connectivity index (χ4n) is 0.995. The van der Waals surface area contributed by atoms with E-state index in [1.165, 1.54) is 5.01 Å². The Bertz CT molecular complexity index is 297. The summed E-state index contributed by atoms with van der Waals surface area (Å²) in [7, 11) is 1.76. The van der Waals surface area contributed by atoms with Gasteiger partial charge in [-0.05, 0) is 24.6 Å². The SMILES string of the molecule is Cc1c(Br)ccc(N(C)N)c1N. The van der Waals surface area contributed by atoms with E-state index in [2.05, 4.69) is 15.9 Å². The standard InChI is InChI=1S/C8H12BrN3/c1-5-6(9)3-4-7(8(5)10)12(2)11/h3-4H,10-11H2,1-2H3. The van der Waals surface area contributed by atoms with E-state index in [4.69, 9.17) is 11.6 Å². The summed E-state index contributed by atoms with van der Waals surface area (Å²) in [6, 6.07) is 3.82. The highest BCUT2D eigenvalue weighted by Gasteiger charge is 2.06. The number of rotatable bonds is 1. The van der Waals surface area contributed by atoms with Crippen molar-refractivity contribution in [1.29, 1.82) is 0 Å². The predicted octanol–water partition coefficient (Wildman–Crippen LogP) is 1.65. The minimum Gasteiger partial charge on any atom is -0.397 e. The molecule has 0 spiro atoms. The van der Waals surface area contributed by atoms with Crippen molar-refractivity contribution in [3.8, 4) is 0 Å². The lowest BCUT2D eigenvalue weighted by molar-refractivity contribution is 1.02. The highest BCUT2D eigenvalue weighted by atomic mass is 79.9. The van der Waals surface area contributed by atoms with Crippen LogP contribution < -0.4 is 16.6 Å². The van der Waals surface area contributed by atoms with Crippen LogP contribution in [0.1, 0.15) is 5.56 Å². The molecule has 0 saturated carbocycles. The van der Waals surface area contributed by atoms with Crippen molar-refractivity contribution in [1.82, 2.24) is 0 Å². The molecule has 3 nitrogen and oxygen atoms in total. The van der Waals surface area contributed by atoms with Gasteiger partial charge in [0.15, 0.2) is 0 Å². The van der Waals surface area contributed by atoms with E-state index >= 15 is 0 Å². The van der Waals surface area contributed by atoms with Crippen LogP contribution in [-0.2, 0) is 0 Å². The van der Waals surface area contributed by atoms with Crippen LogP contribution in [0.5, 0.6) is 0 Å². The van der Waals surface area contributed by atoms with Gasteiger partial charge in [0.1, 0.15) is 0 Å². The van der Waals surface area contributed by atoms with Gasteiger partial charge in [0.05, 0.1) is 11.4 Å². The number of hydrogen-bond acceptors (Lipinski definition) is 3. The molecule has 0 amide bonds. The molecule has 1 aromatic rings. The van der Waals surface area contributed by atoms with Crippen LogP contribution in [0.15, 0.2) is 16.6 Å². The first kappa shape index (κ1) is 9.35. The van der Waals surface area contributed by atoms with Gasteiger partial charge in [0.2, 0.25) is 0 Å². The molecule has 0 aliphatic rings. The molecule has 1 rings (SSSR count). The number of benzene rings is 1. The molecule has 12 heavy (non-hydrogen) atoms. The third-order valence-electron chi connectivity index (χ3n) is 1.81. The fourth-order valence-corrected chi connectivity index (χ4v) is 1.34. The quantitative estimate of drug-likeness (QED) is 0.438. The Balaban J connectivity index is 3.27. The van der Waals surface area contributed by atoms with E-state index in [1.807, 2.05) is 19.1 Å². The Hall–Kier alpha value is -0.740. The van der Waals surface area contributed by atoms with Crippen molar-refractivity contribution < 1.29 is 0 Å². The molecule has 0 saturated heterocycles. The first-order valence-corrected chi connectivity index (χ1v) is 4.36. The maximum Gasteiger partial charge on any atom is 0.0746 e. The maximum atomic E-state index is 5.83. The maximum absolute atomic E-state index is 5.83. The van der Waals surface area contributed by atoms with Crippen LogP contribution in [0.25, 0.3) is 0 Å². The Labute approximate surface area is 80.4 Å². The highest BCUT2D eigenvalue weighted by Crippen LogP contribution is 2.29. The number of halogens is 1. The van der Waals surface area contributed by atoms with Gasteiger partial charge < -0.3 is 10.7 Å². The normalized spacial score (nSPS) is 10.0. The zero-order chi connectivity index (χ0) is 9.30. The van der Waals surface area contributed by atoms with E-state index in [9.17, 15) is 0 Å². The molecular formula is C8H12BrN3. The second-order valence-corrected chi connectivity index (χ2v) is 3.57. The summed E-state index contributed by atoms with van der Waals surface area (Å²) in [6.07, 6.45) is 0. The largest absolute Gasteiger partial charge is 0.397 e. The number of nitrogens with two attached hydrogens (primary N) is 2. The molecule has 0 bridgehead atoms. The van der Waals surface area contributed by atoms with E-state index in [1.54, 1.807) is 7.05 Å². The van der Waals surface area contributed by atoms with Gasteiger partial charge in [-0.2, -0.15) is 0 Å². The van der Waals surface area contributed by atoms with E-state index < -0.39 is 0 Å². The number of hydrazine groups is 1.